The van der Waals surface area contributed by atoms with Crippen molar-refractivity contribution in [1.82, 2.24) is 15.1 Å². The smallest absolute Gasteiger partial charge is 0.362 e. The molecule has 0 heterocycles. The van der Waals surface area contributed by atoms with Crippen molar-refractivity contribution in [2.75, 3.05) is 50.1 Å². The van der Waals surface area contributed by atoms with Gasteiger partial charge in [-0.25, -0.2) is 0 Å². The number of nitrogens with zero attached hydrogens (tertiary/aromatic N) is 3. The summed E-state index contributed by atoms with van der Waals surface area (Å²) in [5.74, 6) is -1.24. The fourth-order valence-corrected chi connectivity index (χ4v) is 4.15. The zero-order chi connectivity index (χ0) is 30.3. The van der Waals surface area contributed by atoms with Gasteiger partial charge < -0.3 is 20.9 Å². The van der Waals surface area contributed by atoms with E-state index in [4.69, 9.17) is 0 Å². The lowest BCUT2D eigenvalue weighted by Crippen LogP contribution is -2.37. The van der Waals surface area contributed by atoms with Gasteiger partial charge in [0, 0.05) is 24.3 Å². The molecule has 0 aromatic heterocycles. The zero-order valence-corrected chi connectivity index (χ0v) is 24.2. The highest BCUT2D eigenvalue weighted by Crippen LogP contribution is 2.23. The Hall–Kier alpha value is -3.50. The Morgan fingerprint density at radius 1 is 1.20 bits per heavy atom. The number of amides is 3. The van der Waals surface area contributed by atoms with E-state index < -0.39 is 30.1 Å². The van der Waals surface area contributed by atoms with Gasteiger partial charge in [-0.05, 0) is 63.5 Å². The first-order chi connectivity index (χ1) is 18.8. The number of halogens is 3. The molecule has 13 heteroatoms. The van der Waals surface area contributed by atoms with Crippen LogP contribution in [0.15, 0.2) is 47.1 Å². The molecule has 0 saturated heterocycles. The van der Waals surface area contributed by atoms with Gasteiger partial charge >= 0.3 is 6.18 Å². The molecule has 9 nitrogen and oxygen atoms in total. The molecule has 40 heavy (non-hydrogen) atoms. The van der Waals surface area contributed by atoms with E-state index in [1.165, 1.54) is 23.4 Å². The van der Waals surface area contributed by atoms with Gasteiger partial charge in [-0.1, -0.05) is 26.0 Å². The third kappa shape index (κ3) is 13.0. The van der Waals surface area contributed by atoms with Crippen LogP contribution in [0.2, 0.25) is 0 Å². The molecule has 0 saturated carbocycles. The van der Waals surface area contributed by atoms with E-state index in [9.17, 15) is 32.8 Å². The maximum atomic E-state index is 12.8. The van der Waals surface area contributed by atoms with Crippen LogP contribution in [0.4, 0.5) is 24.5 Å². The van der Waals surface area contributed by atoms with Crippen molar-refractivity contribution in [2.24, 2.45) is 5.92 Å². The normalized spacial score (nSPS) is 12.2. The van der Waals surface area contributed by atoms with Crippen LogP contribution in [0.3, 0.4) is 0 Å². The Labute approximate surface area is 237 Å². The van der Waals surface area contributed by atoms with E-state index in [0.717, 1.165) is 24.7 Å². The second-order valence-corrected chi connectivity index (χ2v) is 10.0. The fraction of sp³-hybridized carbons (Fsp3) is 0.481. The Morgan fingerprint density at radius 3 is 2.45 bits per heavy atom. The Morgan fingerprint density at radius 2 is 1.88 bits per heavy atom. The summed E-state index contributed by atoms with van der Waals surface area (Å²) in [5, 5.41) is 16.9. The van der Waals surface area contributed by atoms with Crippen molar-refractivity contribution in [3.63, 3.8) is 0 Å². The highest BCUT2D eigenvalue weighted by molar-refractivity contribution is 8.02. The van der Waals surface area contributed by atoms with E-state index in [0.29, 0.717) is 17.3 Å². The van der Waals surface area contributed by atoms with E-state index >= 15 is 0 Å². The number of anilines is 2. The van der Waals surface area contributed by atoms with Gasteiger partial charge in [0.1, 0.15) is 23.2 Å². The molecule has 0 spiro atoms. The quantitative estimate of drug-likeness (QED) is 0.205. The van der Waals surface area contributed by atoms with E-state index in [1.807, 2.05) is 11.9 Å². The van der Waals surface area contributed by atoms with Crippen molar-refractivity contribution < 1.29 is 27.6 Å². The van der Waals surface area contributed by atoms with Crippen molar-refractivity contribution in [3.05, 3.63) is 47.1 Å². The van der Waals surface area contributed by atoms with E-state index in [2.05, 4.69) is 24.5 Å². The number of benzene rings is 1. The second kappa shape index (κ2) is 17.2. The fourth-order valence-electron chi connectivity index (χ4n) is 3.36. The third-order valence-electron chi connectivity index (χ3n) is 5.37. The first-order valence-electron chi connectivity index (χ1n) is 12.6. The van der Waals surface area contributed by atoms with Gasteiger partial charge in [0.25, 0.3) is 5.91 Å². The number of hydrogen-bond acceptors (Lipinski definition) is 7. The Kier molecular flexibility index (Phi) is 14.9. The highest BCUT2D eigenvalue weighted by Gasteiger charge is 2.30. The van der Waals surface area contributed by atoms with Gasteiger partial charge in [-0.2, -0.15) is 18.4 Å². The van der Waals surface area contributed by atoms with Crippen LogP contribution in [0, 0.1) is 17.2 Å². The molecule has 220 valence electrons. The van der Waals surface area contributed by atoms with Crippen LogP contribution in [-0.2, 0) is 14.4 Å². The van der Waals surface area contributed by atoms with Gasteiger partial charge in [0.05, 0.1) is 6.54 Å². The first-order valence-corrected chi connectivity index (χ1v) is 13.9. The molecule has 1 aromatic rings. The summed E-state index contributed by atoms with van der Waals surface area (Å²) in [5.41, 5.74) is 0.704. The van der Waals surface area contributed by atoms with Crippen LogP contribution >= 0.6 is 11.8 Å². The number of hydrogen-bond donors (Lipinski definition) is 3. The summed E-state index contributed by atoms with van der Waals surface area (Å²) in [6, 6.07) is 8.66. The number of nitrogens with one attached hydrogen (secondary N) is 3. The van der Waals surface area contributed by atoms with Crippen LogP contribution in [0.25, 0.3) is 0 Å². The standard InChI is InChI=1S/C27H37F3N6O3S/c1-6-36(26(40-5)22(16-31)25(39)33-18-27(28,29)30)24(38)11-8-13-32-20-9-7-10-21(15-20)34-23(37)17-35(4)14-12-19(2)3/h7-10,13,15,19,32H,6,11-12,14,17-18H2,1-5H3,(H,33,39)(H,34,37)/b13-8-,26-22-. The average molecular weight is 583 g/mol. The number of rotatable bonds is 15. The molecule has 3 amide bonds. The van der Waals surface area contributed by atoms with Crippen molar-refractivity contribution >= 4 is 40.9 Å². The molecule has 3 N–H and O–H groups in total. The largest absolute Gasteiger partial charge is 0.405 e. The Balaban J connectivity index is 2.78. The van der Waals surface area contributed by atoms with Gasteiger partial charge in [0.15, 0.2) is 0 Å². The predicted octanol–water partition coefficient (Wildman–Crippen LogP) is 4.54. The number of carbonyl (C=O) groups is 3. The summed E-state index contributed by atoms with van der Waals surface area (Å²) in [4.78, 5) is 40.5. The number of carbonyl (C=O) groups excluding carboxylic acids is 3. The van der Waals surface area contributed by atoms with Gasteiger partial charge in [0.2, 0.25) is 11.8 Å². The highest BCUT2D eigenvalue weighted by atomic mass is 32.2. The SMILES string of the molecule is CCN(C(=O)C/C=C\Nc1cccc(NC(=O)CN(C)CCC(C)C)c1)/C(SC)=C(\C#N)C(=O)NCC(F)(F)F. The molecule has 1 aromatic carbocycles. The summed E-state index contributed by atoms with van der Waals surface area (Å²) < 4.78 is 37.4. The molecule has 0 radical (unpaired) electrons. The molecule has 0 atom stereocenters. The minimum atomic E-state index is -4.64. The lowest BCUT2D eigenvalue weighted by molar-refractivity contribution is -0.136. The molecule has 1 rings (SSSR count). The number of nitriles is 1. The van der Waals surface area contributed by atoms with Gasteiger partial charge in [-0.3, -0.25) is 19.3 Å². The van der Waals surface area contributed by atoms with Crippen LogP contribution in [-0.4, -0.2) is 73.2 Å². The summed E-state index contributed by atoms with van der Waals surface area (Å²) in [6.07, 6.45) is 0.853. The van der Waals surface area contributed by atoms with Crippen LogP contribution in [0.1, 0.15) is 33.6 Å². The maximum Gasteiger partial charge on any atom is 0.405 e. The lowest BCUT2D eigenvalue weighted by Gasteiger charge is -2.23. The first kappa shape index (κ1) is 34.5. The molecule has 0 bridgehead atoms. The van der Waals surface area contributed by atoms with Gasteiger partial charge in [-0.15, -0.1) is 11.8 Å². The lowest BCUT2D eigenvalue weighted by atomic mass is 10.1. The van der Waals surface area contributed by atoms with E-state index in [1.54, 1.807) is 42.6 Å². The number of alkyl halides is 3. The van der Waals surface area contributed by atoms with Crippen molar-refractivity contribution in [2.45, 2.75) is 39.8 Å². The summed E-state index contributed by atoms with van der Waals surface area (Å²) >= 11 is 0.918. The zero-order valence-electron chi connectivity index (χ0n) is 23.4. The van der Waals surface area contributed by atoms with Crippen LogP contribution in [0.5, 0.6) is 0 Å². The maximum absolute atomic E-state index is 12.8. The number of thioether (sulfide) groups is 1. The van der Waals surface area contributed by atoms with Crippen molar-refractivity contribution in [3.8, 4) is 6.07 Å². The third-order valence-corrected chi connectivity index (χ3v) is 6.18. The van der Waals surface area contributed by atoms with E-state index in [-0.39, 0.29) is 30.4 Å². The van der Waals surface area contributed by atoms with Crippen LogP contribution < -0.4 is 16.0 Å². The molecular weight excluding hydrogens is 545 g/mol. The number of likely N-dealkylation sites (N-methyl/N-ethyl adjacent to an activating group) is 1. The molecule has 0 fully saturated rings. The van der Waals surface area contributed by atoms with Crippen molar-refractivity contribution in [1.29, 1.82) is 5.26 Å². The predicted molar refractivity (Wildman–Crippen MR) is 152 cm³/mol. The minimum Gasteiger partial charge on any atom is -0.362 e. The topological polar surface area (TPSA) is 118 Å². The summed E-state index contributed by atoms with van der Waals surface area (Å²) in [6.45, 7) is 5.49. The molecule has 0 unspecified atom stereocenters. The average Bonchev–Trinajstić information content (AvgIpc) is 2.88. The monoisotopic (exact) mass is 582 g/mol. The second-order valence-electron chi connectivity index (χ2n) is 9.23. The minimum absolute atomic E-state index is 0.0330. The molecule has 0 aliphatic heterocycles. The summed E-state index contributed by atoms with van der Waals surface area (Å²) in [7, 11) is 1.90. The molecule has 0 aliphatic rings. The Bertz CT molecular complexity index is 1120. The molecular formula is C27H37F3N6O3S. The molecule has 0 aliphatic carbocycles.